The predicted octanol–water partition coefficient (Wildman–Crippen LogP) is 2.52. The van der Waals surface area contributed by atoms with Gasteiger partial charge in [0.2, 0.25) is 0 Å². The molecule has 3 heterocycles. The van der Waals surface area contributed by atoms with E-state index in [9.17, 15) is 4.79 Å². The Morgan fingerprint density at radius 1 is 1.42 bits per heavy atom. The minimum Gasteiger partial charge on any atom is -0.380 e. The lowest BCUT2D eigenvalue weighted by molar-refractivity contribution is -0.147. The molecule has 0 aromatic carbocycles. The molecule has 5 heteroatoms. The molecule has 2 saturated heterocycles. The van der Waals surface area contributed by atoms with Gasteiger partial charge in [-0.05, 0) is 50.2 Å². The van der Waals surface area contributed by atoms with E-state index in [1.54, 1.807) is 12.4 Å². The summed E-state index contributed by atoms with van der Waals surface area (Å²) < 4.78 is 12.1. The SMILES string of the molecule is O=C(c1cccnc1)N1CC[C@@H]2OCCC[C@]2(COCC2CC2)C1. The first-order valence-electron chi connectivity index (χ1n) is 9.15. The number of likely N-dealkylation sites (tertiary alicyclic amines) is 1. The first kappa shape index (κ1) is 16.0. The Morgan fingerprint density at radius 3 is 3.12 bits per heavy atom. The van der Waals surface area contributed by atoms with E-state index < -0.39 is 0 Å². The van der Waals surface area contributed by atoms with Crippen LogP contribution in [0.2, 0.25) is 0 Å². The maximum absolute atomic E-state index is 12.8. The molecule has 130 valence electrons. The van der Waals surface area contributed by atoms with Crippen molar-refractivity contribution in [3.8, 4) is 0 Å². The molecule has 1 aliphatic carbocycles. The zero-order chi connectivity index (χ0) is 16.4. The number of fused-ring (bicyclic) bond motifs is 1. The van der Waals surface area contributed by atoms with Gasteiger partial charge in [-0.2, -0.15) is 0 Å². The maximum atomic E-state index is 12.8. The largest absolute Gasteiger partial charge is 0.380 e. The third-order valence-corrected chi connectivity index (χ3v) is 5.62. The minimum atomic E-state index is -0.0384. The number of hydrogen-bond acceptors (Lipinski definition) is 4. The molecule has 24 heavy (non-hydrogen) atoms. The van der Waals surface area contributed by atoms with E-state index in [1.165, 1.54) is 12.8 Å². The fourth-order valence-electron chi connectivity index (χ4n) is 4.06. The van der Waals surface area contributed by atoms with Gasteiger partial charge in [0.25, 0.3) is 5.91 Å². The van der Waals surface area contributed by atoms with E-state index in [1.807, 2.05) is 17.0 Å². The zero-order valence-electron chi connectivity index (χ0n) is 14.2. The minimum absolute atomic E-state index is 0.0384. The van der Waals surface area contributed by atoms with Crippen molar-refractivity contribution in [2.75, 3.05) is 32.9 Å². The molecule has 2 aliphatic heterocycles. The van der Waals surface area contributed by atoms with Crippen LogP contribution in [0, 0.1) is 11.3 Å². The lowest BCUT2D eigenvalue weighted by atomic mass is 9.73. The number of piperidine rings is 1. The van der Waals surface area contributed by atoms with Crippen LogP contribution in [0.5, 0.6) is 0 Å². The van der Waals surface area contributed by atoms with E-state index >= 15 is 0 Å². The Kier molecular flexibility index (Phi) is 4.55. The van der Waals surface area contributed by atoms with Gasteiger partial charge in [-0.3, -0.25) is 9.78 Å². The van der Waals surface area contributed by atoms with Crippen LogP contribution in [-0.4, -0.2) is 54.8 Å². The lowest BCUT2D eigenvalue weighted by Gasteiger charge is -2.50. The van der Waals surface area contributed by atoms with E-state index in [4.69, 9.17) is 9.47 Å². The Balaban J connectivity index is 1.46. The highest BCUT2D eigenvalue weighted by atomic mass is 16.5. The monoisotopic (exact) mass is 330 g/mol. The molecule has 2 atom stereocenters. The summed E-state index contributed by atoms with van der Waals surface area (Å²) in [6.07, 6.45) is 9.23. The van der Waals surface area contributed by atoms with Crippen molar-refractivity contribution in [1.82, 2.24) is 9.88 Å². The average molecular weight is 330 g/mol. The molecular formula is C19H26N2O3. The van der Waals surface area contributed by atoms with Crippen molar-refractivity contribution in [3.05, 3.63) is 30.1 Å². The molecule has 0 unspecified atom stereocenters. The van der Waals surface area contributed by atoms with Gasteiger partial charge in [0.1, 0.15) is 0 Å². The van der Waals surface area contributed by atoms with Gasteiger partial charge in [0.05, 0.1) is 18.3 Å². The Morgan fingerprint density at radius 2 is 2.33 bits per heavy atom. The van der Waals surface area contributed by atoms with Gasteiger partial charge in [-0.1, -0.05) is 0 Å². The smallest absolute Gasteiger partial charge is 0.255 e. The second kappa shape index (κ2) is 6.81. The molecule has 4 rings (SSSR count). The van der Waals surface area contributed by atoms with Gasteiger partial charge < -0.3 is 14.4 Å². The molecule has 3 fully saturated rings. The number of hydrogen-bond donors (Lipinski definition) is 0. The Bertz CT molecular complexity index is 575. The van der Waals surface area contributed by atoms with Crippen LogP contribution in [0.15, 0.2) is 24.5 Å². The summed E-state index contributed by atoms with van der Waals surface area (Å²) >= 11 is 0. The van der Waals surface area contributed by atoms with Crippen molar-refractivity contribution < 1.29 is 14.3 Å². The molecule has 1 aromatic rings. The quantitative estimate of drug-likeness (QED) is 0.832. The normalized spacial score (nSPS) is 30.0. The fourth-order valence-corrected chi connectivity index (χ4v) is 4.06. The molecule has 0 spiro atoms. The summed E-state index contributed by atoms with van der Waals surface area (Å²) in [7, 11) is 0. The summed E-state index contributed by atoms with van der Waals surface area (Å²) in [5.41, 5.74) is 0.630. The van der Waals surface area contributed by atoms with Crippen LogP contribution in [0.25, 0.3) is 0 Å². The standard InChI is InChI=1S/C19H26N2O3/c22-18(16-3-1-8-20-11-16)21-9-6-17-19(13-21,7-2-10-24-17)14-23-12-15-4-5-15/h1,3,8,11,15,17H,2,4-7,9-10,12-14H2/t17-,19+/m0/s1. The second-order valence-corrected chi connectivity index (χ2v) is 7.54. The van der Waals surface area contributed by atoms with Crippen LogP contribution in [0.1, 0.15) is 42.5 Å². The van der Waals surface area contributed by atoms with Crippen molar-refractivity contribution >= 4 is 5.91 Å². The summed E-state index contributed by atoms with van der Waals surface area (Å²) in [6, 6.07) is 3.66. The van der Waals surface area contributed by atoms with Crippen LogP contribution in [0.3, 0.4) is 0 Å². The number of ether oxygens (including phenoxy) is 2. The summed E-state index contributed by atoms with van der Waals surface area (Å²) in [5, 5.41) is 0. The van der Waals surface area contributed by atoms with E-state index in [0.717, 1.165) is 51.5 Å². The van der Waals surface area contributed by atoms with E-state index in [2.05, 4.69) is 4.98 Å². The van der Waals surface area contributed by atoms with E-state index in [-0.39, 0.29) is 17.4 Å². The fraction of sp³-hybridized carbons (Fsp3) is 0.684. The van der Waals surface area contributed by atoms with Crippen molar-refractivity contribution in [3.63, 3.8) is 0 Å². The van der Waals surface area contributed by atoms with E-state index in [0.29, 0.717) is 12.2 Å². The van der Waals surface area contributed by atoms with Crippen molar-refractivity contribution in [1.29, 1.82) is 0 Å². The highest BCUT2D eigenvalue weighted by Gasteiger charge is 2.47. The molecule has 0 N–H and O–H groups in total. The van der Waals surface area contributed by atoms with Gasteiger partial charge >= 0.3 is 0 Å². The molecule has 5 nitrogen and oxygen atoms in total. The molecular weight excluding hydrogens is 304 g/mol. The van der Waals surface area contributed by atoms with Crippen molar-refractivity contribution in [2.24, 2.45) is 11.3 Å². The van der Waals surface area contributed by atoms with Crippen LogP contribution in [0.4, 0.5) is 0 Å². The Labute approximate surface area is 143 Å². The van der Waals surface area contributed by atoms with Crippen LogP contribution >= 0.6 is 0 Å². The third kappa shape index (κ3) is 3.33. The molecule has 0 radical (unpaired) electrons. The number of carbonyl (C=O) groups excluding carboxylic acids is 1. The molecule has 0 bridgehead atoms. The number of carbonyl (C=O) groups is 1. The summed E-state index contributed by atoms with van der Waals surface area (Å²) in [5.74, 6) is 0.842. The van der Waals surface area contributed by atoms with Gasteiger partial charge in [-0.25, -0.2) is 0 Å². The number of amides is 1. The second-order valence-electron chi connectivity index (χ2n) is 7.54. The first-order chi connectivity index (χ1) is 11.8. The highest BCUT2D eigenvalue weighted by Crippen LogP contribution is 2.41. The molecule has 1 aromatic heterocycles. The van der Waals surface area contributed by atoms with Gasteiger partial charge in [-0.15, -0.1) is 0 Å². The first-order valence-corrected chi connectivity index (χ1v) is 9.15. The average Bonchev–Trinajstić information content (AvgIpc) is 3.45. The molecule has 3 aliphatic rings. The van der Waals surface area contributed by atoms with Crippen LogP contribution in [-0.2, 0) is 9.47 Å². The number of pyridine rings is 1. The molecule has 1 amide bonds. The van der Waals surface area contributed by atoms with Gasteiger partial charge in [0, 0.05) is 44.1 Å². The predicted molar refractivity (Wildman–Crippen MR) is 89.7 cm³/mol. The third-order valence-electron chi connectivity index (χ3n) is 5.62. The van der Waals surface area contributed by atoms with Crippen LogP contribution < -0.4 is 0 Å². The number of rotatable bonds is 5. The number of aromatic nitrogens is 1. The number of nitrogens with zero attached hydrogens (tertiary/aromatic N) is 2. The topological polar surface area (TPSA) is 51.7 Å². The maximum Gasteiger partial charge on any atom is 0.255 e. The Hall–Kier alpha value is -1.46. The van der Waals surface area contributed by atoms with Crippen molar-refractivity contribution in [2.45, 2.75) is 38.2 Å². The summed E-state index contributed by atoms with van der Waals surface area (Å²) in [6.45, 7) is 3.90. The lowest BCUT2D eigenvalue weighted by Crippen LogP contribution is -2.58. The summed E-state index contributed by atoms with van der Waals surface area (Å²) in [4.78, 5) is 18.9. The highest BCUT2D eigenvalue weighted by molar-refractivity contribution is 5.94. The zero-order valence-corrected chi connectivity index (χ0v) is 14.2. The molecule has 1 saturated carbocycles. The van der Waals surface area contributed by atoms with Gasteiger partial charge in [0.15, 0.2) is 0 Å².